The molecule has 0 saturated carbocycles. The number of nitrogens with zero attached hydrogens (tertiary/aromatic N) is 3. The zero-order valence-electron chi connectivity index (χ0n) is 32.2. The fraction of sp³-hybridized carbons (Fsp3) is 0. The van der Waals surface area contributed by atoms with Gasteiger partial charge in [-0.15, -0.1) is 0 Å². The Balaban J connectivity index is 1.22. The summed E-state index contributed by atoms with van der Waals surface area (Å²) in [5.74, 6) is -1.85. The van der Waals surface area contributed by atoms with Crippen LogP contribution in [-0.4, -0.2) is 9.13 Å². The molecule has 0 N–H and O–H groups in total. The molecule has 0 bridgehead atoms. The van der Waals surface area contributed by atoms with E-state index in [9.17, 15) is 5.26 Å². The molecule has 0 aliphatic rings. The molecule has 0 atom stereocenters. The number of nitriles is 1. The van der Waals surface area contributed by atoms with E-state index in [0.717, 1.165) is 88.1 Å². The molecule has 3 nitrogen and oxygen atoms in total. The molecule has 0 aliphatic heterocycles. The lowest BCUT2D eigenvalue weighted by molar-refractivity contribution is 0.569. The van der Waals surface area contributed by atoms with Gasteiger partial charge in [0.2, 0.25) is 0 Å². The topological polar surface area (TPSA) is 33.6 Å². The van der Waals surface area contributed by atoms with Crippen LogP contribution in [0.5, 0.6) is 0 Å². The molecule has 282 valence electrons. The van der Waals surface area contributed by atoms with Gasteiger partial charge in [0.25, 0.3) is 0 Å². The lowest BCUT2D eigenvalue weighted by Crippen LogP contribution is -2.08. The molecule has 0 aliphatic carbocycles. The third-order valence-corrected chi connectivity index (χ3v) is 11.7. The Morgan fingerprint density at radius 3 is 1.00 bits per heavy atom. The van der Waals surface area contributed by atoms with Gasteiger partial charge >= 0.3 is 0 Å². The summed E-state index contributed by atoms with van der Waals surface area (Å²) in [6.45, 7) is 0. The van der Waals surface area contributed by atoms with Crippen molar-refractivity contribution in [1.82, 2.24) is 9.13 Å². The minimum atomic E-state index is -0.924. The van der Waals surface area contributed by atoms with Gasteiger partial charge in [-0.1, -0.05) is 158 Å². The van der Waals surface area contributed by atoms with Crippen molar-refractivity contribution < 1.29 is 8.78 Å². The Bertz CT molecular complexity index is 3270. The number of hydrogen-bond acceptors (Lipinski definition) is 1. The zero-order chi connectivity index (χ0) is 40.3. The van der Waals surface area contributed by atoms with E-state index in [0.29, 0.717) is 0 Å². The summed E-state index contributed by atoms with van der Waals surface area (Å²) < 4.78 is 38.1. The molecule has 11 rings (SSSR count). The van der Waals surface area contributed by atoms with Gasteiger partial charge in [-0.2, -0.15) is 5.26 Å². The fourth-order valence-electron chi connectivity index (χ4n) is 8.83. The molecule has 0 saturated heterocycles. The average Bonchev–Trinajstić information content (AvgIpc) is 3.81. The van der Waals surface area contributed by atoms with Crippen molar-refractivity contribution in [1.29, 1.82) is 5.26 Å². The lowest BCUT2D eigenvalue weighted by atomic mass is 10.0. The quantitative estimate of drug-likeness (QED) is 0.166. The molecule has 2 heterocycles. The summed E-state index contributed by atoms with van der Waals surface area (Å²) in [4.78, 5) is 0. The van der Waals surface area contributed by atoms with Gasteiger partial charge in [-0.25, -0.2) is 8.78 Å². The number of halogens is 2. The third kappa shape index (κ3) is 5.61. The summed E-state index contributed by atoms with van der Waals surface area (Å²) in [5.41, 5.74) is 10.5. The van der Waals surface area contributed by atoms with Crippen molar-refractivity contribution in [2.45, 2.75) is 0 Å². The Morgan fingerprint density at radius 1 is 0.317 bits per heavy atom. The summed E-state index contributed by atoms with van der Waals surface area (Å²) in [7, 11) is 0. The summed E-state index contributed by atoms with van der Waals surface area (Å²) in [6.07, 6.45) is 0. The molecule has 9 aromatic carbocycles. The monoisotopic (exact) mass is 773 g/mol. The molecule has 60 heavy (non-hydrogen) atoms. The van der Waals surface area contributed by atoms with E-state index in [1.165, 1.54) is 0 Å². The molecule has 0 unspecified atom stereocenters. The van der Waals surface area contributed by atoms with Crippen LogP contribution >= 0.6 is 0 Å². The standard InChI is InChI=1S/C55H33F2N3/c56-54-47(34-58)55(57)53(60-49-28-24-40(36-15-7-2-8-16-36)30-46(49)44-26-22-42(32-51(44)60)38-19-11-4-12-20-38)33-52(54)59-48-27-23-39(35-13-5-1-6-14-35)29-45(48)43-25-21-41(31-50(43)59)37-17-9-3-10-18-37/h1-33H. The van der Waals surface area contributed by atoms with Crippen molar-refractivity contribution in [2.24, 2.45) is 0 Å². The van der Waals surface area contributed by atoms with Gasteiger partial charge in [0.15, 0.2) is 11.6 Å². The average molecular weight is 774 g/mol. The summed E-state index contributed by atoms with van der Waals surface area (Å²) in [5, 5.41) is 14.2. The lowest BCUT2D eigenvalue weighted by Gasteiger charge is -2.17. The highest BCUT2D eigenvalue weighted by molar-refractivity contribution is 6.13. The van der Waals surface area contributed by atoms with Crippen LogP contribution in [0.3, 0.4) is 0 Å². The number of fused-ring (bicyclic) bond motifs is 6. The maximum atomic E-state index is 17.2. The SMILES string of the molecule is N#Cc1c(F)c(-n2c3ccc(-c4ccccc4)cc3c3ccc(-c4ccccc4)cc32)cc(-n2c3ccc(-c4ccccc4)cc3c3ccc(-c4ccccc4)cc32)c1F. The molecule has 2 aromatic heterocycles. The predicted octanol–water partition coefficient (Wildman–Crippen LogP) is 14.7. The number of hydrogen-bond donors (Lipinski definition) is 0. The summed E-state index contributed by atoms with van der Waals surface area (Å²) >= 11 is 0. The van der Waals surface area contributed by atoms with Crippen LogP contribution in [-0.2, 0) is 0 Å². The zero-order valence-corrected chi connectivity index (χ0v) is 32.2. The van der Waals surface area contributed by atoms with Gasteiger partial charge < -0.3 is 9.13 Å². The first-order valence-electron chi connectivity index (χ1n) is 19.9. The van der Waals surface area contributed by atoms with E-state index < -0.39 is 17.2 Å². The van der Waals surface area contributed by atoms with Gasteiger partial charge in [0, 0.05) is 21.5 Å². The number of benzene rings is 9. The second kappa shape index (κ2) is 14.1. The Labute approximate surface area is 344 Å². The first kappa shape index (κ1) is 35.1. The van der Waals surface area contributed by atoms with Crippen molar-refractivity contribution in [2.75, 3.05) is 0 Å². The molecular weight excluding hydrogens is 741 g/mol. The van der Waals surface area contributed by atoms with Crippen LogP contribution in [0.1, 0.15) is 5.56 Å². The van der Waals surface area contributed by atoms with Crippen LogP contribution in [0.4, 0.5) is 8.78 Å². The minimum absolute atomic E-state index is 0.0794. The smallest absolute Gasteiger partial charge is 0.168 e. The van der Waals surface area contributed by atoms with Gasteiger partial charge in [0.05, 0.1) is 33.4 Å². The molecule has 0 spiro atoms. The van der Waals surface area contributed by atoms with Crippen molar-refractivity contribution in [3.8, 4) is 62.0 Å². The number of rotatable bonds is 6. The normalized spacial score (nSPS) is 11.5. The second-order valence-electron chi connectivity index (χ2n) is 15.1. The van der Waals surface area contributed by atoms with Crippen molar-refractivity contribution in [3.05, 3.63) is 217 Å². The predicted molar refractivity (Wildman–Crippen MR) is 241 cm³/mol. The number of aromatic nitrogens is 2. The van der Waals surface area contributed by atoms with E-state index in [1.54, 1.807) is 6.07 Å². The van der Waals surface area contributed by atoms with Crippen molar-refractivity contribution >= 4 is 43.6 Å². The molecular formula is C55H33F2N3. The van der Waals surface area contributed by atoms with Crippen molar-refractivity contribution in [3.63, 3.8) is 0 Å². The Hall–Kier alpha value is -8.07. The summed E-state index contributed by atoms with van der Waals surface area (Å²) in [6, 6.07) is 68.6. The highest BCUT2D eigenvalue weighted by Gasteiger charge is 2.26. The molecule has 0 fully saturated rings. The van der Waals surface area contributed by atoms with E-state index in [2.05, 4.69) is 72.8 Å². The van der Waals surface area contributed by atoms with Crippen LogP contribution in [0.2, 0.25) is 0 Å². The third-order valence-electron chi connectivity index (χ3n) is 11.7. The Kier molecular flexibility index (Phi) is 8.25. The van der Waals surface area contributed by atoms with Crippen LogP contribution < -0.4 is 0 Å². The van der Waals surface area contributed by atoms with E-state index in [4.69, 9.17) is 0 Å². The maximum absolute atomic E-state index is 17.2. The fourth-order valence-corrected chi connectivity index (χ4v) is 8.83. The Morgan fingerprint density at radius 2 is 0.650 bits per heavy atom. The molecule has 11 aromatic rings. The van der Waals surface area contributed by atoms with Crippen LogP contribution in [0, 0.1) is 23.0 Å². The molecule has 0 amide bonds. The first-order chi connectivity index (χ1) is 29.6. The van der Waals surface area contributed by atoms with E-state index in [-0.39, 0.29) is 11.4 Å². The molecule has 5 heteroatoms. The highest BCUT2D eigenvalue weighted by atomic mass is 19.1. The highest BCUT2D eigenvalue weighted by Crippen LogP contribution is 2.42. The van der Waals surface area contributed by atoms with Gasteiger partial charge in [0.1, 0.15) is 11.6 Å². The van der Waals surface area contributed by atoms with Crippen LogP contribution in [0.15, 0.2) is 200 Å². The first-order valence-corrected chi connectivity index (χ1v) is 19.9. The molecule has 0 radical (unpaired) electrons. The maximum Gasteiger partial charge on any atom is 0.168 e. The van der Waals surface area contributed by atoms with Gasteiger partial charge in [-0.3, -0.25) is 0 Å². The van der Waals surface area contributed by atoms with E-state index in [1.807, 2.05) is 137 Å². The largest absolute Gasteiger partial charge is 0.306 e. The second-order valence-corrected chi connectivity index (χ2v) is 15.1. The van der Waals surface area contributed by atoms with Gasteiger partial charge in [-0.05, 0) is 87.0 Å². The van der Waals surface area contributed by atoms with Crippen LogP contribution in [0.25, 0.3) is 99.5 Å². The minimum Gasteiger partial charge on any atom is -0.306 e. The van der Waals surface area contributed by atoms with E-state index >= 15 is 8.78 Å².